The largest absolute Gasteiger partial charge is 0.364 e. The highest BCUT2D eigenvalue weighted by Crippen LogP contribution is 2.27. The van der Waals surface area contributed by atoms with Crippen molar-refractivity contribution >= 4 is 29.0 Å². The van der Waals surface area contributed by atoms with Crippen molar-refractivity contribution in [3.8, 4) is 6.07 Å². The lowest BCUT2D eigenvalue weighted by molar-refractivity contribution is 0.0995. The molecule has 0 spiro atoms. The zero-order chi connectivity index (χ0) is 22.0. The fourth-order valence-electron chi connectivity index (χ4n) is 3.37. The van der Waals surface area contributed by atoms with E-state index in [1.165, 1.54) is 6.07 Å². The Hall–Kier alpha value is -4.10. The molecule has 2 aromatic carbocycles. The smallest absolute Gasteiger partial charge is 0.273 e. The SMILES string of the molecule is CN1CCc2cc(F)c(Nc3nnc(C(N)=O)c(Nc4cccc(C#N)c4)n3)cc2C1. The van der Waals surface area contributed by atoms with Crippen LogP contribution in [0.1, 0.15) is 27.2 Å². The van der Waals surface area contributed by atoms with E-state index < -0.39 is 11.7 Å². The molecule has 4 N–H and O–H groups in total. The third kappa shape index (κ3) is 4.41. The molecule has 0 atom stereocenters. The number of amides is 1. The van der Waals surface area contributed by atoms with Gasteiger partial charge >= 0.3 is 0 Å². The maximum Gasteiger partial charge on any atom is 0.273 e. The molecule has 0 saturated carbocycles. The summed E-state index contributed by atoms with van der Waals surface area (Å²) in [5, 5.41) is 22.5. The van der Waals surface area contributed by atoms with Gasteiger partial charge < -0.3 is 21.3 Å². The first-order valence-corrected chi connectivity index (χ1v) is 9.51. The number of hydrogen-bond acceptors (Lipinski definition) is 8. The molecule has 9 nitrogen and oxygen atoms in total. The van der Waals surface area contributed by atoms with Crippen molar-refractivity contribution in [1.29, 1.82) is 5.26 Å². The number of nitrogens with two attached hydrogens (primary N) is 1. The van der Waals surface area contributed by atoms with Gasteiger partial charge in [-0.3, -0.25) is 4.79 Å². The van der Waals surface area contributed by atoms with E-state index >= 15 is 0 Å². The zero-order valence-electron chi connectivity index (χ0n) is 16.7. The number of likely N-dealkylation sites (N-methyl/N-ethyl adjacent to an activating group) is 1. The minimum Gasteiger partial charge on any atom is -0.364 e. The number of halogens is 1. The van der Waals surface area contributed by atoms with Crippen molar-refractivity contribution in [3.63, 3.8) is 0 Å². The average molecular weight is 418 g/mol. The summed E-state index contributed by atoms with van der Waals surface area (Å²) in [5.41, 5.74) is 8.34. The van der Waals surface area contributed by atoms with Gasteiger partial charge in [-0.2, -0.15) is 10.2 Å². The molecule has 0 unspecified atom stereocenters. The number of benzene rings is 2. The number of anilines is 4. The number of rotatable bonds is 5. The van der Waals surface area contributed by atoms with Crippen LogP contribution in [0.2, 0.25) is 0 Å². The predicted molar refractivity (Wildman–Crippen MR) is 113 cm³/mol. The van der Waals surface area contributed by atoms with E-state index in [0.717, 1.165) is 24.1 Å². The summed E-state index contributed by atoms with van der Waals surface area (Å²) in [4.78, 5) is 18.2. The second-order valence-corrected chi connectivity index (χ2v) is 7.23. The summed E-state index contributed by atoms with van der Waals surface area (Å²) in [6.45, 7) is 1.59. The van der Waals surface area contributed by atoms with E-state index in [9.17, 15) is 9.18 Å². The van der Waals surface area contributed by atoms with E-state index in [4.69, 9.17) is 11.0 Å². The number of carbonyl (C=O) groups excluding carboxylic acids is 1. The van der Waals surface area contributed by atoms with Gasteiger partial charge in [0.25, 0.3) is 5.91 Å². The standard InChI is InChI=1S/C21H19FN8O/c1-30-6-5-13-8-16(22)17(9-14(13)11-30)26-21-27-20(18(19(24)31)28-29-21)25-15-4-2-3-12(7-15)10-23/h2-4,7-9H,5-6,11H2,1H3,(H2,24,31)(H2,25,26,27,29). The van der Waals surface area contributed by atoms with E-state index in [0.29, 0.717) is 17.8 Å². The van der Waals surface area contributed by atoms with E-state index in [1.807, 2.05) is 13.1 Å². The summed E-state index contributed by atoms with van der Waals surface area (Å²) >= 11 is 0. The fourth-order valence-corrected chi connectivity index (χ4v) is 3.37. The number of aromatic nitrogens is 3. The minimum absolute atomic E-state index is 0.00745. The monoisotopic (exact) mass is 418 g/mol. The lowest BCUT2D eigenvalue weighted by Gasteiger charge is -2.25. The van der Waals surface area contributed by atoms with Crippen LogP contribution in [-0.4, -0.2) is 39.6 Å². The molecule has 0 bridgehead atoms. The van der Waals surface area contributed by atoms with Gasteiger partial charge in [0.05, 0.1) is 17.3 Å². The van der Waals surface area contributed by atoms with Crippen molar-refractivity contribution in [2.24, 2.45) is 5.73 Å². The van der Waals surface area contributed by atoms with Crippen LogP contribution >= 0.6 is 0 Å². The molecule has 2 heterocycles. The van der Waals surface area contributed by atoms with Gasteiger partial charge in [0, 0.05) is 18.8 Å². The quantitative estimate of drug-likeness (QED) is 0.575. The molecule has 10 heteroatoms. The molecule has 31 heavy (non-hydrogen) atoms. The molecule has 0 aliphatic carbocycles. The van der Waals surface area contributed by atoms with E-state index in [2.05, 4.69) is 30.7 Å². The minimum atomic E-state index is -0.825. The Morgan fingerprint density at radius 1 is 1.23 bits per heavy atom. The van der Waals surface area contributed by atoms with Gasteiger partial charge in [0.2, 0.25) is 5.95 Å². The Kier molecular flexibility index (Phi) is 5.43. The van der Waals surface area contributed by atoms with Crippen LogP contribution in [0.4, 0.5) is 27.5 Å². The fraction of sp³-hybridized carbons (Fsp3) is 0.190. The van der Waals surface area contributed by atoms with Crippen LogP contribution in [0.3, 0.4) is 0 Å². The lowest BCUT2D eigenvalue weighted by Crippen LogP contribution is -2.26. The predicted octanol–water partition coefficient (Wildman–Crippen LogP) is 2.46. The molecule has 1 aliphatic rings. The summed E-state index contributed by atoms with van der Waals surface area (Å²) < 4.78 is 14.6. The van der Waals surface area contributed by atoms with Crippen molar-refractivity contribution in [3.05, 3.63) is 64.6 Å². The van der Waals surface area contributed by atoms with E-state index in [-0.39, 0.29) is 23.1 Å². The third-order valence-corrected chi connectivity index (χ3v) is 4.91. The highest BCUT2D eigenvalue weighted by molar-refractivity contribution is 5.96. The first kappa shape index (κ1) is 20.2. The second-order valence-electron chi connectivity index (χ2n) is 7.23. The molecule has 0 radical (unpaired) electrons. The lowest BCUT2D eigenvalue weighted by atomic mass is 9.99. The Bertz CT molecular complexity index is 1210. The molecule has 1 aromatic heterocycles. The Labute approximate surface area is 177 Å². The van der Waals surface area contributed by atoms with Gasteiger partial charge in [0.15, 0.2) is 11.5 Å². The molecule has 1 amide bonds. The first-order valence-electron chi connectivity index (χ1n) is 9.51. The highest BCUT2D eigenvalue weighted by Gasteiger charge is 2.19. The molecule has 3 aromatic rings. The molecule has 156 valence electrons. The number of primary amides is 1. The Balaban J connectivity index is 1.65. The van der Waals surface area contributed by atoms with Gasteiger partial charge in [-0.05, 0) is 54.9 Å². The van der Waals surface area contributed by atoms with Crippen molar-refractivity contribution < 1.29 is 9.18 Å². The molecular formula is C21H19FN8O. The normalized spacial score (nSPS) is 13.2. The van der Waals surface area contributed by atoms with Crippen LogP contribution in [0, 0.1) is 17.1 Å². The first-order chi connectivity index (χ1) is 14.9. The van der Waals surface area contributed by atoms with E-state index in [1.54, 1.807) is 30.3 Å². The number of fused-ring (bicyclic) bond motifs is 1. The topological polar surface area (TPSA) is 133 Å². The highest BCUT2D eigenvalue weighted by atomic mass is 19.1. The summed E-state index contributed by atoms with van der Waals surface area (Å²) in [6, 6.07) is 11.9. The molecule has 1 aliphatic heterocycles. The summed E-state index contributed by atoms with van der Waals surface area (Å²) in [6.07, 6.45) is 0.782. The van der Waals surface area contributed by atoms with Crippen molar-refractivity contribution in [2.45, 2.75) is 13.0 Å². The van der Waals surface area contributed by atoms with Crippen LogP contribution in [0.25, 0.3) is 0 Å². The zero-order valence-corrected chi connectivity index (χ0v) is 16.7. The summed E-state index contributed by atoms with van der Waals surface area (Å²) in [7, 11) is 2.01. The second kappa shape index (κ2) is 8.33. The number of nitriles is 1. The van der Waals surface area contributed by atoms with Crippen molar-refractivity contribution in [1.82, 2.24) is 20.1 Å². The molecule has 0 saturated heterocycles. The van der Waals surface area contributed by atoms with Gasteiger partial charge in [0.1, 0.15) is 5.82 Å². The van der Waals surface area contributed by atoms with Crippen LogP contribution in [0.5, 0.6) is 0 Å². The van der Waals surface area contributed by atoms with Crippen LogP contribution < -0.4 is 16.4 Å². The molecule has 4 rings (SSSR count). The molecular weight excluding hydrogens is 399 g/mol. The maximum atomic E-state index is 14.6. The number of nitrogens with one attached hydrogen (secondary N) is 2. The maximum absolute atomic E-state index is 14.6. The van der Waals surface area contributed by atoms with Crippen LogP contribution in [-0.2, 0) is 13.0 Å². The average Bonchev–Trinajstić information content (AvgIpc) is 2.74. The Morgan fingerprint density at radius 3 is 2.84 bits per heavy atom. The number of nitrogens with zero attached hydrogens (tertiary/aromatic N) is 5. The number of hydrogen-bond donors (Lipinski definition) is 3. The van der Waals surface area contributed by atoms with Gasteiger partial charge in [-0.15, -0.1) is 10.2 Å². The van der Waals surface area contributed by atoms with Gasteiger partial charge in [-0.1, -0.05) is 6.07 Å². The van der Waals surface area contributed by atoms with Crippen LogP contribution in [0.15, 0.2) is 36.4 Å². The number of carbonyl (C=O) groups is 1. The van der Waals surface area contributed by atoms with Crippen molar-refractivity contribution in [2.75, 3.05) is 24.2 Å². The molecule has 0 fully saturated rings. The third-order valence-electron chi connectivity index (χ3n) is 4.91. The summed E-state index contributed by atoms with van der Waals surface area (Å²) in [5.74, 6) is -1.22. The van der Waals surface area contributed by atoms with Gasteiger partial charge in [-0.25, -0.2) is 4.39 Å². The Morgan fingerprint density at radius 2 is 2.06 bits per heavy atom.